The van der Waals surface area contributed by atoms with E-state index in [-0.39, 0.29) is 38.3 Å². The number of carbonyl (C=O) groups is 1. The minimum atomic E-state index is -4.47. The van der Waals surface area contributed by atoms with Crippen molar-refractivity contribution in [2.75, 3.05) is 13.1 Å². The Hall–Kier alpha value is -2.94. The number of sulfone groups is 1. The average molecular weight is 585 g/mol. The number of carbonyl (C=O) groups excluding carboxylic acids is 1. The fourth-order valence-electron chi connectivity index (χ4n) is 4.50. The summed E-state index contributed by atoms with van der Waals surface area (Å²) in [5, 5.41) is 16.6. The molecule has 3 aromatic rings. The molecule has 1 aliphatic heterocycles. The molecule has 15 heteroatoms. The van der Waals surface area contributed by atoms with E-state index in [1.165, 1.54) is 4.80 Å². The van der Waals surface area contributed by atoms with Gasteiger partial charge in [0.05, 0.1) is 11.8 Å². The summed E-state index contributed by atoms with van der Waals surface area (Å²) in [4.78, 5) is 14.2. The second kappa shape index (κ2) is 11.0. The third kappa shape index (κ3) is 6.20. The number of amides is 1. The molecule has 2 heterocycles. The Morgan fingerprint density at radius 2 is 1.84 bits per heavy atom. The molecule has 4 rings (SSSR count). The number of piperidine rings is 1. The number of sulfonamides is 1. The fourth-order valence-corrected chi connectivity index (χ4v) is 7.87. The van der Waals surface area contributed by atoms with Crippen LogP contribution in [0.5, 0.6) is 0 Å². The molecule has 0 unspecified atom stereocenters. The SMILES string of the molecule is Cc1nnn(Cc2cc(Cl)ccc2CCC(=O)N2CCC(S(=O)(=O)c3c(F)cccc3S(N)(=O)=O)CC2)n1. The summed E-state index contributed by atoms with van der Waals surface area (Å²) in [5.74, 6) is -0.803. The molecule has 0 spiro atoms. The van der Waals surface area contributed by atoms with Crippen LogP contribution in [0.15, 0.2) is 46.2 Å². The molecular formula is C23H26ClFN6O5S2. The second-order valence-electron chi connectivity index (χ2n) is 9.02. The van der Waals surface area contributed by atoms with E-state index in [0.29, 0.717) is 23.8 Å². The van der Waals surface area contributed by atoms with Crippen molar-refractivity contribution in [1.29, 1.82) is 0 Å². The van der Waals surface area contributed by atoms with E-state index in [1.54, 1.807) is 24.0 Å². The van der Waals surface area contributed by atoms with Gasteiger partial charge in [0.2, 0.25) is 15.9 Å². The number of likely N-dealkylation sites (tertiary alicyclic amines) is 1. The van der Waals surface area contributed by atoms with Crippen LogP contribution in [-0.4, -0.2) is 66.2 Å². The van der Waals surface area contributed by atoms with Crippen molar-refractivity contribution in [3.05, 3.63) is 64.2 Å². The quantitative estimate of drug-likeness (QED) is 0.420. The molecule has 0 bridgehead atoms. The zero-order valence-electron chi connectivity index (χ0n) is 20.4. The Kier molecular flexibility index (Phi) is 8.16. The van der Waals surface area contributed by atoms with Crippen LogP contribution < -0.4 is 5.14 Å². The number of tetrazole rings is 1. The van der Waals surface area contributed by atoms with Crippen LogP contribution in [0.4, 0.5) is 4.39 Å². The van der Waals surface area contributed by atoms with Crippen LogP contribution in [0, 0.1) is 12.7 Å². The lowest BCUT2D eigenvalue weighted by Gasteiger charge is -2.32. The van der Waals surface area contributed by atoms with Gasteiger partial charge in [-0.2, -0.15) is 4.80 Å². The minimum Gasteiger partial charge on any atom is -0.343 e. The lowest BCUT2D eigenvalue weighted by molar-refractivity contribution is -0.132. The molecule has 0 aliphatic carbocycles. The minimum absolute atomic E-state index is 0.0377. The van der Waals surface area contributed by atoms with Gasteiger partial charge in [-0.15, -0.1) is 10.2 Å². The molecule has 38 heavy (non-hydrogen) atoms. The van der Waals surface area contributed by atoms with E-state index in [2.05, 4.69) is 15.4 Å². The molecule has 204 valence electrons. The molecular weight excluding hydrogens is 559 g/mol. The molecule has 0 saturated carbocycles. The van der Waals surface area contributed by atoms with Gasteiger partial charge in [-0.05, 0) is 66.8 Å². The van der Waals surface area contributed by atoms with E-state index < -0.39 is 40.7 Å². The highest BCUT2D eigenvalue weighted by molar-refractivity contribution is 7.94. The summed E-state index contributed by atoms with van der Waals surface area (Å²) < 4.78 is 64.7. The van der Waals surface area contributed by atoms with Crippen LogP contribution in [0.2, 0.25) is 5.02 Å². The zero-order valence-corrected chi connectivity index (χ0v) is 22.8. The van der Waals surface area contributed by atoms with Crippen LogP contribution in [-0.2, 0) is 37.6 Å². The van der Waals surface area contributed by atoms with Crippen LogP contribution >= 0.6 is 11.6 Å². The second-order valence-corrected chi connectivity index (χ2v) is 13.1. The number of primary sulfonamides is 1. The van der Waals surface area contributed by atoms with Crippen molar-refractivity contribution in [2.24, 2.45) is 5.14 Å². The Balaban J connectivity index is 1.41. The average Bonchev–Trinajstić information content (AvgIpc) is 3.27. The number of aromatic nitrogens is 4. The molecule has 1 amide bonds. The van der Waals surface area contributed by atoms with Gasteiger partial charge in [-0.3, -0.25) is 4.79 Å². The predicted molar refractivity (Wildman–Crippen MR) is 136 cm³/mol. The van der Waals surface area contributed by atoms with E-state index in [0.717, 1.165) is 29.3 Å². The number of hydrogen-bond donors (Lipinski definition) is 1. The predicted octanol–water partition coefficient (Wildman–Crippen LogP) is 1.87. The molecule has 0 radical (unpaired) electrons. The third-order valence-electron chi connectivity index (χ3n) is 6.40. The Morgan fingerprint density at radius 3 is 2.47 bits per heavy atom. The van der Waals surface area contributed by atoms with Gasteiger partial charge in [-0.1, -0.05) is 23.7 Å². The molecule has 2 N–H and O–H groups in total. The Bertz CT molecular complexity index is 1570. The fraction of sp³-hybridized carbons (Fsp3) is 0.391. The van der Waals surface area contributed by atoms with Gasteiger partial charge < -0.3 is 4.90 Å². The van der Waals surface area contributed by atoms with Crippen molar-refractivity contribution in [2.45, 2.75) is 54.2 Å². The number of aryl methyl sites for hydroxylation is 2. The van der Waals surface area contributed by atoms with Crippen LogP contribution in [0.25, 0.3) is 0 Å². The summed E-state index contributed by atoms with van der Waals surface area (Å²) in [6, 6.07) is 8.30. The first-order valence-corrected chi connectivity index (χ1v) is 15.2. The molecule has 1 aromatic heterocycles. The molecule has 1 fully saturated rings. The van der Waals surface area contributed by atoms with E-state index >= 15 is 0 Å². The van der Waals surface area contributed by atoms with E-state index in [1.807, 2.05) is 6.07 Å². The highest BCUT2D eigenvalue weighted by atomic mass is 35.5. The molecule has 1 saturated heterocycles. The van der Waals surface area contributed by atoms with Crippen molar-refractivity contribution in [3.8, 4) is 0 Å². The maximum Gasteiger partial charge on any atom is 0.239 e. The highest BCUT2D eigenvalue weighted by Crippen LogP contribution is 2.31. The third-order valence-corrected chi connectivity index (χ3v) is 10.0. The zero-order chi connectivity index (χ0) is 27.7. The largest absolute Gasteiger partial charge is 0.343 e. The number of halogens is 2. The molecule has 2 aromatic carbocycles. The summed E-state index contributed by atoms with van der Waals surface area (Å²) in [6.07, 6.45) is 0.675. The first kappa shape index (κ1) is 28.1. The summed E-state index contributed by atoms with van der Waals surface area (Å²) in [7, 11) is -8.82. The molecule has 11 nitrogen and oxygen atoms in total. The van der Waals surface area contributed by atoms with Gasteiger partial charge in [-0.25, -0.2) is 26.4 Å². The normalized spacial score (nSPS) is 15.1. The first-order chi connectivity index (χ1) is 17.9. The summed E-state index contributed by atoms with van der Waals surface area (Å²) in [5.41, 5.74) is 1.74. The van der Waals surface area contributed by atoms with E-state index in [4.69, 9.17) is 16.7 Å². The lowest BCUT2D eigenvalue weighted by Crippen LogP contribution is -2.43. The lowest BCUT2D eigenvalue weighted by atomic mass is 10.0. The number of nitrogens with zero attached hydrogens (tertiary/aromatic N) is 5. The summed E-state index contributed by atoms with van der Waals surface area (Å²) in [6.45, 7) is 2.34. The molecule has 1 aliphatic rings. The standard InChI is InChI=1S/C23H26ClFN6O5S2/c1-15-27-29-31(28-15)14-17-13-18(24)7-5-16(17)6-8-22(32)30-11-9-19(10-12-30)37(33,34)23-20(25)3-2-4-21(23)38(26,35)36/h2-5,7,13,19H,6,8-12,14H2,1H3,(H2,26,35,36). The maximum absolute atomic E-state index is 14.5. The monoisotopic (exact) mass is 584 g/mol. The van der Waals surface area contributed by atoms with Gasteiger partial charge >= 0.3 is 0 Å². The summed E-state index contributed by atoms with van der Waals surface area (Å²) >= 11 is 6.16. The van der Waals surface area contributed by atoms with Crippen molar-refractivity contribution < 1.29 is 26.0 Å². The molecule has 0 atom stereocenters. The maximum atomic E-state index is 14.5. The Morgan fingerprint density at radius 1 is 1.13 bits per heavy atom. The smallest absolute Gasteiger partial charge is 0.239 e. The highest BCUT2D eigenvalue weighted by Gasteiger charge is 2.37. The topological polar surface area (TPSA) is 158 Å². The number of benzene rings is 2. The van der Waals surface area contributed by atoms with Crippen molar-refractivity contribution in [1.82, 2.24) is 25.1 Å². The number of rotatable bonds is 8. The van der Waals surface area contributed by atoms with Gasteiger partial charge in [0.15, 0.2) is 15.7 Å². The number of hydrogen-bond acceptors (Lipinski definition) is 8. The van der Waals surface area contributed by atoms with Gasteiger partial charge in [0.1, 0.15) is 15.6 Å². The van der Waals surface area contributed by atoms with Crippen LogP contribution in [0.1, 0.15) is 36.2 Å². The Labute approximate surface area is 224 Å². The van der Waals surface area contributed by atoms with Crippen molar-refractivity contribution >= 4 is 37.4 Å². The van der Waals surface area contributed by atoms with Gasteiger partial charge in [0, 0.05) is 24.5 Å². The number of nitrogens with two attached hydrogens (primary N) is 1. The van der Waals surface area contributed by atoms with Gasteiger partial charge in [0.25, 0.3) is 0 Å². The van der Waals surface area contributed by atoms with Crippen LogP contribution in [0.3, 0.4) is 0 Å². The first-order valence-electron chi connectivity index (χ1n) is 11.7. The van der Waals surface area contributed by atoms with Crippen molar-refractivity contribution in [3.63, 3.8) is 0 Å². The van der Waals surface area contributed by atoms with E-state index in [9.17, 15) is 26.0 Å².